The molecule has 1 aromatic carbocycles. The van der Waals surface area contributed by atoms with Gasteiger partial charge in [0, 0.05) is 5.02 Å². The molecule has 1 aliphatic heterocycles. The highest BCUT2D eigenvalue weighted by Gasteiger charge is 2.46. The summed E-state index contributed by atoms with van der Waals surface area (Å²) in [4.78, 5) is 17.2. The fourth-order valence-corrected chi connectivity index (χ4v) is 1.92. The van der Waals surface area contributed by atoms with Gasteiger partial charge in [-0.1, -0.05) is 42.0 Å². The van der Waals surface area contributed by atoms with Gasteiger partial charge in [0.15, 0.2) is 0 Å². The van der Waals surface area contributed by atoms with Crippen LogP contribution in [0.5, 0.6) is 0 Å². The van der Waals surface area contributed by atoms with Crippen molar-refractivity contribution in [2.24, 2.45) is 5.41 Å². The molecule has 1 saturated heterocycles. The van der Waals surface area contributed by atoms with Gasteiger partial charge in [-0.25, -0.2) is 4.79 Å². The molecule has 0 atom stereocenters. The van der Waals surface area contributed by atoms with Crippen molar-refractivity contribution in [1.29, 1.82) is 0 Å². The molecule has 2 rings (SSSR count). The second kappa shape index (κ2) is 4.27. The molecule has 0 spiro atoms. The molecule has 1 aliphatic rings. The summed E-state index contributed by atoms with van der Waals surface area (Å²) in [6.45, 7) is 3.89. The molecule has 17 heavy (non-hydrogen) atoms. The Hall–Kier alpha value is -1.13. The maximum Gasteiger partial charge on any atom is 0.344 e. The Morgan fingerprint density at radius 3 is 2.59 bits per heavy atom. The van der Waals surface area contributed by atoms with Crippen molar-refractivity contribution in [2.45, 2.75) is 20.4 Å². The molecular weight excluding hydrogens is 258 g/mol. The van der Waals surface area contributed by atoms with Crippen LogP contribution >= 0.6 is 23.8 Å². The van der Waals surface area contributed by atoms with Crippen LogP contribution in [-0.2, 0) is 16.2 Å². The van der Waals surface area contributed by atoms with E-state index in [1.165, 1.54) is 5.06 Å². The maximum absolute atomic E-state index is 11.6. The van der Waals surface area contributed by atoms with Gasteiger partial charge in [-0.15, -0.1) is 0 Å². The highest BCUT2D eigenvalue weighted by molar-refractivity contribution is 7.80. The Morgan fingerprint density at radius 1 is 1.41 bits per heavy atom. The fraction of sp³-hybridized carbons (Fsp3) is 0.333. The fourth-order valence-electron chi connectivity index (χ4n) is 1.54. The van der Waals surface area contributed by atoms with Gasteiger partial charge in [-0.05, 0) is 25.5 Å². The van der Waals surface area contributed by atoms with Gasteiger partial charge in [0.1, 0.15) is 10.4 Å². The monoisotopic (exact) mass is 269 g/mol. The number of carbonyl (C=O) groups is 1. The van der Waals surface area contributed by atoms with Gasteiger partial charge in [-0.3, -0.25) is 0 Å². The van der Waals surface area contributed by atoms with Crippen molar-refractivity contribution >= 4 is 34.8 Å². The Morgan fingerprint density at radius 2 is 2.06 bits per heavy atom. The van der Waals surface area contributed by atoms with Crippen LogP contribution in [0.3, 0.4) is 0 Å². The summed E-state index contributed by atoms with van der Waals surface area (Å²) in [6, 6.07) is 7.41. The molecule has 90 valence electrons. The molecule has 0 aliphatic carbocycles. The average Bonchev–Trinajstić information content (AvgIpc) is 2.46. The lowest BCUT2D eigenvalue weighted by atomic mass is 9.95. The number of hydrogen-bond donors (Lipinski definition) is 0. The van der Waals surface area contributed by atoms with Crippen molar-refractivity contribution in [2.75, 3.05) is 0 Å². The first-order chi connectivity index (χ1) is 7.93. The predicted molar refractivity (Wildman–Crippen MR) is 69.5 cm³/mol. The quantitative estimate of drug-likeness (QED) is 0.772. The summed E-state index contributed by atoms with van der Waals surface area (Å²) in [7, 11) is 0. The predicted octanol–water partition coefficient (Wildman–Crippen LogP) is 2.97. The van der Waals surface area contributed by atoms with E-state index in [9.17, 15) is 4.79 Å². The van der Waals surface area contributed by atoms with Crippen LogP contribution < -0.4 is 0 Å². The molecule has 3 nitrogen and oxygen atoms in total. The lowest BCUT2D eigenvalue weighted by Gasteiger charge is -2.17. The van der Waals surface area contributed by atoms with Crippen LogP contribution in [-0.4, -0.2) is 16.0 Å². The number of thiocarbonyl (C=S) groups is 1. The normalized spacial score (nSPS) is 18.4. The molecule has 0 N–H and O–H groups in total. The van der Waals surface area contributed by atoms with E-state index in [0.717, 1.165) is 5.56 Å². The molecule has 1 heterocycles. The highest BCUT2D eigenvalue weighted by atomic mass is 35.5. The van der Waals surface area contributed by atoms with E-state index in [2.05, 4.69) is 0 Å². The van der Waals surface area contributed by atoms with Gasteiger partial charge in [-0.2, -0.15) is 5.06 Å². The van der Waals surface area contributed by atoms with E-state index in [4.69, 9.17) is 28.7 Å². The summed E-state index contributed by atoms with van der Waals surface area (Å²) in [5.41, 5.74) is 0.137. The van der Waals surface area contributed by atoms with Crippen molar-refractivity contribution in [1.82, 2.24) is 5.06 Å². The average molecular weight is 270 g/mol. The lowest BCUT2D eigenvalue weighted by Crippen LogP contribution is -2.29. The van der Waals surface area contributed by atoms with Crippen LogP contribution in [0.1, 0.15) is 19.4 Å². The lowest BCUT2D eigenvalue weighted by molar-refractivity contribution is -0.168. The smallest absolute Gasteiger partial charge is 0.339 e. The van der Waals surface area contributed by atoms with Crippen molar-refractivity contribution in [3.8, 4) is 0 Å². The number of hydrogen-bond acceptors (Lipinski definition) is 3. The molecule has 0 aromatic heterocycles. The van der Waals surface area contributed by atoms with Crippen molar-refractivity contribution < 1.29 is 9.63 Å². The zero-order valence-corrected chi connectivity index (χ0v) is 11.1. The van der Waals surface area contributed by atoms with E-state index in [1.54, 1.807) is 19.9 Å². The van der Waals surface area contributed by atoms with E-state index < -0.39 is 5.41 Å². The number of nitrogens with zero attached hydrogens (tertiary/aromatic N) is 1. The second-order valence-electron chi connectivity index (χ2n) is 4.44. The van der Waals surface area contributed by atoms with Crippen LogP contribution in [0.25, 0.3) is 0 Å². The van der Waals surface area contributed by atoms with Crippen LogP contribution in [0, 0.1) is 5.41 Å². The molecule has 0 amide bonds. The number of benzene rings is 1. The number of hydroxylamine groups is 2. The minimum Gasteiger partial charge on any atom is -0.339 e. The first-order valence-electron chi connectivity index (χ1n) is 5.20. The molecule has 0 saturated carbocycles. The Labute approximate surface area is 110 Å². The molecule has 0 unspecified atom stereocenters. The third-order valence-corrected chi connectivity index (χ3v) is 3.82. The van der Waals surface area contributed by atoms with Crippen LogP contribution in [0.15, 0.2) is 24.3 Å². The highest BCUT2D eigenvalue weighted by Crippen LogP contribution is 2.31. The third-order valence-electron chi connectivity index (χ3n) is 2.74. The minimum absolute atomic E-state index is 0.324. The molecule has 0 radical (unpaired) electrons. The Kier molecular flexibility index (Phi) is 3.10. The molecule has 0 bridgehead atoms. The Balaban J connectivity index is 2.20. The Bertz CT molecular complexity index is 487. The number of rotatable bonds is 2. The topological polar surface area (TPSA) is 29.5 Å². The first-order valence-corrected chi connectivity index (χ1v) is 5.99. The third kappa shape index (κ3) is 2.15. The van der Waals surface area contributed by atoms with Gasteiger partial charge in [0.2, 0.25) is 0 Å². The van der Waals surface area contributed by atoms with Gasteiger partial charge < -0.3 is 4.84 Å². The maximum atomic E-state index is 11.6. The van der Waals surface area contributed by atoms with Crippen molar-refractivity contribution in [3.05, 3.63) is 34.9 Å². The molecular formula is C12H12ClNO2S. The van der Waals surface area contributed by atoms with Gasteiger partial charge >= 0.3 is 5.97 Å². The van der Waals surface area contributed by atoms with Gasteiger partial charge in [0.25, 0.3) is 0 Å². The zero-order chi connectivity index (χ0) is 12.6. The first kappa shape index (κ1) is 12.3. The van der Waals surface area contributed by atoms with E-state index >= 15 is 0 Å². The summed E-state index contributed by atoms with van der Waals surface area (Å²) in [6.07, 6.45) is 0. The summed E-state index contributed by atoms with van der Waals surface area (Å²) in [5.74, 6) is -0.324. The molecule has 1 fully saturated rings. The largest absolute Gasteiger partial charge is 0.344 e. The summed E-state index contributed by atoms with van der Waals surface area (Å²) >= 11 is 11.3. The van der Waals surface area contributed by atoms with Gasteiger partial charge in [0.05, 0.1) is 6.54 Å². The van der Waals surface area contributed by atoms with E-state index in [1.807, 2.05) is 18.2 Å². The van der Waals surface area contributed by atoms with Crippen LogP contribution in [0.2, 0.25) is 5.02 Å². The molecule has 1 aromatic rings. The van der Waals surface area contributed by atoms with E-state index in [-0.39, 0.29) is 5.97 Å². The van der Waals surface area contributed by atoms with Crippen LogP contribution in [0.4, 0.5) is 0 Å². The minimum atomic E-state index is -0.739. The second-order valence-corrected chi connectivity index (χ2v) is 5.23. The van der Waals surface area contributed by atoms with Crippen molar-refractivity contribution in [3.63, 3.8) is 0 Å². The number of carbonyl (C=O) groups excluding carboxylic acids is 1. The summed E-state index contributed by atoms with van der Waals surface area (Å²) < 4.78 is 0. The summed E-state index contributed by atoms with van der Waals surface area (Å²) in [5, 5.41) is 2.06. The SMILES string of the molecule is CC1(C)C(=O)ON(Cc2ccccc2Cl)C1=S. The standard InChI is InChI=1S/C12H12ClNO2S/c1-12(2)10(17)14(16-11(12)15)7-8-5-3-4-6-9(8)13/h3-6H,7H2,1-2H3. The van der Waals surface area contributed by atoms with E-state index in [0.29, 0.717) is 16.6 Å². The zero-order valence-electron chi connectivity index (χ0n) is 9.57. The molecule has 5 heteroatoms. The number of halogens is 1.